The molecule has 0 aliphatic carbocycles. The van der Waals surface area contributed by atoms with Crippen LogP contribution in [0.2, 0.25) is 0 Å². The summed E-state index contributed by atoms with van der Waals surface area (Å²) in [5.74, 6) is 0.613. The molecule has 0 N–H and O–H groups in total. The molecule has 0 radical (unpaired) electrons. The summed E-state index contributed by atoms with van der Waals surface area (Å²) in [7, 11) is 0. The van der Waals surface area contributed by atoms with Crippen molar-refractivity contribution in [2.24, 2.45) is 0 Å². The van der Waals surface area contributed by atoms with Crippen molar-refractivity contribution in [1.29, 1.82) is 0 Å². The van der Waals surface area contributed by atoms with Crippen molar-refractivity contribution in [3.05, 3.63) is 52.8 Å². The van der Waals surface area contributed by atoms with Crippen LogP contribution >= 0.6 is 12.6 Å². The molecule has 16 heavy (non-hydrogen) atoms. The van der Waals surface area contributed by atoms with Gasteiger partial charge >= 0.3 is 0 Å². The second-order valence-corrected chi connectivity index (χ2v) is 3.91. The van der Waals surface area contributed by atoms with Crippen LogP contribution in [0.25, 0.3) is 10.9 Å². The fraction of sp³-hybridized carbons (Fsp3) is 0.167. The molecule has 4 heteroatoms. The Morgan fingerprint density at radius 3 is 2.94 bits per heavy atom. The van der Waals surface area contributed by atoms with Gasteiger partial charge in [0, 0.05) is 11.1 Å². The second-order valence-electron chi connectivity index (χ2n) is 3.59. The van der Waals surface area contributed by atoms with E-state index in [0.29, 0.717) is 17.7 Å². The van der Waals surface area contributed by atoms with Gasteiger partial charge in [-0.3, -0.25) is 9.48 Å². The maximum Gasteiger partial charge on any atom is 0.207 e. The molecule has 0 fully saturated rings. The number of nitrogens with zero attached hydrogens (tertiary/aromatic N) is 2. The predicted molar refractivity (Wildman–Crippen MR) is 69.0 cm³/mol. The zero-order chi connectivity index (χ0) is 11.5. The van der Waals surface area contributed by atoms with Crippen LogP contribution in [0.4, 0.5) is 0 Å². The van der Waals surface area contributed by atoms with Gasteiger partial charge in [-0.25, -0.2) is 0 Å². The molecule has 0 aliphatic heterocycles. The topological polar surface area (TPSA) is 34.9 Å². The third-order valence-corrected chi connectivity index (χ3v) is 2.81. The zero-order valence-corrected chi connectivity index (χ0v) is 9.65. The van der Waals surface area contributed by atoms with Gasteiger partial charge in [0.1, 0.15) is 0 Å². The highest BCUT2D eigenvalue weighted by atomic mass is 32.1. The maximum atomic E-state index is 11.6. The van der Waals surface area contributed by atoms with Gasteiger partial charge in [-0.2, -0.15) is 17.7 Å². The van der Waals surface area contributed by atoms with Gasteiger partial charge in [0.2, 0.25) is 5.43 Å². The van der Waals surface area contributed by atoms with Gasteiger partial charge in [0.25, 0.3) is 0 Å². The Morgan fingerprint density at radius 1 is 1.44 bits per heavy atom. The van der Waals surface area contributed by atoms with E-state index in [1.807, 2.05) is 18.2 Å². The highest BCUT2D eigenvalue weighted by molar-refractivity contribution is 7.80. The minimum Gasteiger partial charge on any atom is -0.287 e. The summed E-state index contributed by atoms with van der Waals surface area (Å²) >= 11 is 4.16. The van der Waals surface area contributed by atoms with E-state index < -0.39 is 0 Å². The molecule has 0 bridgehead atoms. The summed E-state index contributed by atoms with van der Waals surface area (Å²) in [6.07, 6.45) is 1.34. The van der Waals surface area contributed by atoms with Crippen LogP contribution in [-0.4, -0.2) is 15.5 Å². The number of thiol groups is 1. The van der Waals surface area contributed by atoms with Gasteiger partial charge in [-0.1, -0.05) is 18.7 Å². The van der Waals surface area contributed by atoms with Crippen molar-refractivity contribution in [2.75, 3.05) is 5.75 Å². The fourth-order valence-corrected chi connectivity index (χ4v) is 1.65. The van der Waals surface area contributed by atoms with Gasteiger partial charge < -0.3 is 0 Å². The average Bonchev–Trinajstić information content (AvgIpc) is 2.33. The Hall–Kier alpha value is -1.55. The van der Waals surface area contributed by atoms with Crippen LogP contribution in [0.3, 0.4) is 0 Å². The minimum atomic E-state index is -0.0525. The third kappa shape index (κ3) is 2.02. The molecule has 0 aliphatic rings. The van der Waals surface area contributed by atoms with Crippen molar-refractivity contribution < 1.29 is 0 Å². The van der Waals surface area contributed by atoms with Crippen LogP contribution in [0.1, 0.15) is 0 Å². The number of hydrogen-bond acceptors (Lipinski definition) is 3. The summed E-state index contributed by atoms with van der Waals surface area (Å²) in [6, 6.07) is 7.43. The molecular formula is C12H12N2OS. The molecule has 0 amide bonds. The summed E-state index contributed by atoms with van der Waals surface area (Å²) in [6.45, 7) is 4.47. The van der Waals surface area contributed by atoms with E-state index in [1.165, 1.54) is 6.20 Å². The Kier molecular flexibility index (Phi) is 3.10. The SMILES string of the molecule is C=C(CS)Cn1ncc(=O)c2ccccc21. The van der Waals surface area contributed by atoms with Crippen LogP contribution in [0.5, 0.6) is 0 Å². The zero-order valence-electron chi connectivity index (χ0n) is 8.76. The molecule has 2 rings (SSSR count). The predicted octanol–water partition coefficient (Wildman–Crippen LogP) is 1.88. The Bertz CT molecular complexity index is 589. The van der Waals surface area contributed by atoms with Crippen molar-refractivity contribution in [2.45, 2.75) is 6.54 Å². The Labute approximate surface area is 98.8 Å². The van der Waals surface area contributed by atoms with Crippen molar-refractivity contribution >= 4 is 23.5 Å². The quantitative estimate of drug-likeness (QED) is 0.648. The van der Waals surface area contributed by atoms with Gasteiger partial charge in [-0.05, 0) is 17.7 Å². The smallest absolute Gasteiger partial charge is 0.207 e. The monoisotopic (exact) mass is 232 g/mol. The first kappa shape index (κ1) is 11.0. The summed E-state index contributed by atoms with van der Waals surface area (Å²) in [5, 5.41) is 4.79. The first-order valence-corrected chi connectivity index (χ1v) is 5.58. The molecular weight excluding hydrogens is 220 g/mol. The maximum absolute atomic E-state index is 11.6. The fourth-order valence-electron chi connectivity index (χ4n) is 1.55. The molecule has 1 aromatic heterocycles. The molecule has 0 atom stereocenters. The first-order chi connectivity index (χ1) is 7.72. The van der Waals surface area contributed by atoms with E-state index in [4.69, 9.17) is 0 Å². The lowest BCUT2D eigenvalue weighted by atomic mass is 10.2. The number of benzene rings is 1. The van der Waals surface area contributed by atoms with E-state index >= 15 is 0 Å². The lowest BCUT2D eigenvalue weighted by molar-refractivity contribution is 0.688. The van der Waals surface area contributed by atoms with Gasteiger partial charge in [0.15, 0.2) is 0 Å². The molecule has 1 heterocycles. The van der Waals surface area contributed by atoms with E-state index in [0.717, 1.165) is 11.1 Å². The molecule has 0 saturated carbocycles. The summed E-state index contributed by atoms with van der Waals surface area (Å²) in [4.78, 5) is 11.6. The standard InChI is InChI=1S/C12H12N2OS/c1-9(8-16)7-14-11-5-3-2-4-10(11)12(15)6-13-14/h2-6,16H,1,7-8H2. The number of para-hydroxylation sites is 1. The third-order valence-electron chi connectivity index (χ3n) is 2.36. The summed E-state index contributed by atoms with van der Waals surface area (Å²) in [5.41, 5.74) is 1.74. The van der Waals surface area contributed by atoms with Crippen molar-refractivity contribution in [3.63, 3.8) is 0 Å². The lowest BCUT2D eigenvalue weighted by Crippen LogP contribution is -2.13. The van der Waals surface area contributed by atoms with Crippen LogP contribution in [0, 0.1) is 0 Å². The molecule has 2 aromatic rings. The first-order valence-electron chi connectivity index (χ1n) is 4.95. The average molecular weight is 232 g/mol. The number of aromatic nitrogens is 2. The number of hydrogen-bond donors (Lipinski definition) is 1. The second kappa shape index (κ2) is 4.53. The molecule has 0 spiro atoms. The molecule has 0 saturated heterocycles. The summed E-state index contributed by atoms with van der Waals surface area (Å²) < 4.78 is 1.77. The van der Waals surface area contributed by atoms with Gasteiger partial charge in [0.05, 0.1) is 18.3 Å². The van der Waals surface area contributed by atoms with Crippen molar-refractivity contribution in [3.8, 4) is 0 Å². The van der Waals surface area contributed by atoms with E-state index in [2.05, 4.69) is 24.3 Å². The molecule has 0 unspecified atom stereocenters. The van der Waals surface area contributed by atoms with Gasteiger partial charge in [-0.15, -0.1) is 0 Å². The van der Waals surface area contributed by atoms with E-state index in [-0.39, 0.29) is 5.43 Å². The van der Waals surface area contributed by atoms with Crippen LogP contribution in [-0.2, 0) is 6.54 Å². The highest BCUT2D eigenvalue weighted by Crippen LogP contribution is 2.09. The number of rotatable bonds is 3. The van der Waals surface area contributed by atoms with Crippen LogP contribution in [0.15, 0.2) is 47.4 Å². The largest absolute Gasteiger partial charge is 0.287 e. The minimum absolute atomic E-state index is 0.0525. The van der Waals surface area contributed by atoms with Crippen LogP contribution < -0.4 is 5.43 Å². The lowest BCUT2D eigenvalue weighted by Gasteiger charge is -2.09. The molecule has 3 nitrogen and oxygen atoms in total. The number of fused-ring (bicyclic) bond motifs is 1. The normalized spacial score (nSPS) is 10.6. The highest BCUT2D eigenvalue weighted by Gasteiger charge is 2.03. The molecule has 82 valence electrons. The Morgan fingerprint density at radius 2 is 2.19 bits per heavy atom. The van der Waals surface area contributed by atoms with Crippen molar-refractivity contribution in [1.82, 2.24) is 9.78 Å². The molecule has 1 aromatic carbocycles. The Balaban J connectivity index is 2.59. The van der Waals surface area contributed by atoms with E-state index in [9.17, 15) is 4.79 Å². The van der Waals surface area contributed by atoms with E-state index in [1.54, 1.807) is 10.7 Å².